The van der Waals surface area contributed by atoms with Crippen LogP contribution in [-0.2, 0) is 14.8 Å². The van der Waals surface area contributed by atoms with E-state index in [0.29, 0.717) is 29.3 Å². The number of nitrogens with zero attached hydrogens (tertiary/aromatic N) is 4. The molecule has 0 aliphatic carbocycles. The lowest BCUT2D eigenvalue weighted by atomic mass is 9.99. The van der Waals surface area contributed by atoms with Crippen LogP contribution in [0, 0.1) is 5.92 Å². The van der Waals surface area contributed by atoms with Crippen molar-refractivity contribution in [1.82, 2.24) is 19.1 Å². The standard InChI is InChI=1S/C19H23N5O3S2/c1-13(2)24-18-15(10-21-24)9-16(11-20-18)22-19(25)14-5-3-7-23(12-14)29(26,27)17-6-4-8-28-17/h4,6,8-11,13-14H,3,5,7,12H2,1-2H3,(H,22,25). The molecule has 10 heteroatoms. The van der Waals surface area contributed by atoms with Crippen LogP contribution in [0.2, 0.25) is 0 Å². The molecule has 0 saturated carbocycles. The molecule has 154 valence electrons. The number of hydrogen-bond donors (Lipinski definition) is 1. The van der Waals surface area contributed by atoms with Crippen molar-refractivity contribution in [1.29, 1.82) is 0 Å². The number of rotatable bonds is 5. The minimum absolute atomic E-state index is 0.187. The molecule has 1 atom stereocenters. The molecular formula is C19H23N5O3S2. The minimum atomic E-state index is -3.54. The van der Waals surface area contributed by atoms with Gasteiger partial charge in [0.15, 0.2) is 5.65 Å². The lowest BCUT2D eigenvalue weighted by Gasteiger charge is -2.30. The number of piperidine rings is 1. The van der Waals surface area contributed by atoms with Crippen molar-refractivity contribution in [2.45, 2.75) is 36.9 Å². The Balaban J connectivity index is 1.48. The van der Waals surface area contributed by atoms with Crippen molar-refractivity contribution in [2.24, 2.45) is 5.92 Å². The predicted octanol–water partition coefficient (Wildman–Crippen LogP) is 3.11. The molecule has 1 saturated heterocycles. The molecule has 29 heavy (non-hydrogen) atoms. The third kappa shape index (κ3) is 3.92. The number of hydrogen-bond acceptors (Lipinski definition) is 6. The first-order valence-electron chi connectivity index (χ1n) is 9.54. The van der Waals surface area contributed by atoms with Crippen LogP contribution in [0.5, 0.6) is 0 Å². The largest absolute Gasteiger partial charge is 0.324 e. The number of amides is 1. The Bertz CT molecular complexity index is 1120. The predicted molar refractivity (Wildman–Crippen MR) is 112 cm³/mol. The Kier molecular flexibility index (Phi) is 5.41. The van der Waals surface area contributed by atoms with Crippen LogP contribution in [0.3, 0.4) is 0 Å². The fourth-order valence-corrected chi connectivity index (χ4v) is 6.21. The second kappa shape index (κ2) is 7.85. The van der Waals surface area contributed by atoms with Gasteiger partial charge in [0, 0.05) is 24.5 Å². The van der Waals surface area contributed by atoms with Gasteiger partial charge in [0.05, 0.1) is 24.0 Å². The van der Waals surface area contributed by atoms with Gasteiger partial charge in [0.25, 0.3) is 10.0 Å². The summed E-state index contributed by atoms with van der Waals surface area (Å²) in [5.74, 6) is -0.582. The number of nitrogens with one attached hydrogen (secondary N) is 1. The molecular weight excluding hydrogens is 410 g/mol. The molecule has 3 aromatic rings. The molecule has 8 nitrogen and oxygen atoms in total. The molecule has 1 N–H and O–H groups in total. The van der Waals surface area contributed by atoms with Crippen molar-refractivity contribution in [2.75, 3.05) is 18.4 Å². The Hall–Kier alpha value is -2.30. The highest BCUT2D eigenvalue weighted by Gasteiger charge is 2.33. The Morgan fingerprint density at radius 1 is 1.34 bits per heavy atom. The molecule has 0 spiro atoms. The zero-order valence-corrected chi connectivity index (χ0v) is 17.9. The summed E-state index contributed by atoms with van der Waals surface area (Å²) in [5, 5.41) is 9.82. The number of anilines is 1. The lowest BCUT2D eigenvalue weighted by molar-refractivity contribution is -0.120. The molecule has 1 unspecified atom stereocenters. The summed E-state index contributed by atoms with van der Waals surface area (Å²) in [6.45, 7) is 4.69. The Labute approximate surface area is 173 Å². The van der Waals surface area contributed by atoms with Crippen LogP contribution in [-0.4, -0.2) is 46.5 Å². The SMILES string of the molecule is CC(C)n1ncc2cc(NC(=O)C3CCCN(S(=O)(=O)c4cccs4)C3)cnc21. The van der Waals surface area contributed by atoms with E-state index in [1.54, 1.807) is 29.9 Å². The Morgan fingerprint density at radius 3 is 2.90 bits per heavy atom. The molecule has 0 bridgehead atoms. The maximum absolute atomic E-state index is 12.8. The van der Waals surface area contributed by atoms with Gasteiger partial charge in [-0.25, -0.2) is 18.1 Å². The number of carbonyl (C=O) groups excluding carboxylic acids is 1. The van der Waals surface area contributed by atoms with Crippen LogP contribution in [0.15, 0.2) is 40.2 Å². The van der Waals surface area contributed by atoms with E-state index in [2.05, 4.69) is 15.4 Å². The maximum Gasteiger partial charge on any atom is 0.252 e. The van der Waals surface area contributed by atoms with Crippen molar-refractivity contribution in [3.05, 3.63) is 36.0 Å². The van der Waals surface area contributed by atoms with Gasteiger partial charge in [-0.15, -0.1) is 11.3 Å². The minimum Gasteiger partial charge on any atom is -0.324 e. The second-order valence-electron chi connectivity index (χ2n) is 7.44. The van der Waals surface area contributed by atoms with Crippen LogP contribution >= 0.6 is 11.3 Å². The van der Waals surface area contributed by atoms with Crippen LogP contribution in [0.4, 0.5) is 5.69 Å². The number of fused-ring (bicyclic) bond motifs is 1. The average Bonchev–Trinajstić information content (AvgIpc) is 3.38. The smallest absolute Gasteiger partial charge is 0.252 e. The zero-order valence-electron chi connectivity index (χ0n) is 16.3. The molecule has 3 aromatic heterocycles. The van der Waals surface area contributed by atoms with E-state index in [1.165, 1.54) is 15.6 Å². The molecule has 1 aliphatic heterocycles. The van der Waals surface area contributed by atoms with E-state index in [-0.39, 0.29) is 18.5 Å². The molecule has 1 fully saturated rings. The quantitative estimate of drug-likeness (QED) is 0.667. The average molecular weight is 434 g/mol. The summed E-state index contributed by atoms with van der Waals surface area (Å²) in [5.41, 5.74) is 1.35. The first kappa shape index (κ1) is 20.0. The van der Waals surface area contributed by atoms with E-state index >= 15 is 0 Å². The lowest BCUT2D eigenvalue weighted by Crippen LogP contribution is -2.43. The normalized spacial score (nSPS) is 18.4. The molecule has 1 amide bonds. The van der Waals surface area contributed by atoms with Crippen molar-refractivity contribution in [3.63, 3.8) is 0 Å². The van der Waals surface area contributed by atoms with Gasteiger partial charge < -0.3 is 5.32 Å². The van der Waals surface area contributed by atoms with Crippen LogP contribution in [0.25, 0.3) is 11.0 Å². The van der Waals surface area contributed by atoms with Crippen molar-refractivity contribution < 1.29 is 13.2 Å². The number of thiophene rings is 1. The van der Waals surface area contributed by atoms with Crippen LogP contribution in [0.1, 0.15) is 32.7 Å². The number of sulfonamides is 1. The maximum atomic E-state index is 12.8. The molecule has 0 radical (unpaired) electrons. The van der Waals surface area contributed by atoms with Crippen molar-refractivity contribution >= 4 is 44.0 Å². The first-order chi connectivity index (χ1) is 13.9. The van der Waals surface area contributed by atoms with E-state index in [0.717, 1.165) is 11.0 Å². The number of pyridine rings is 1. The van der Waals surface area contributed by atoms with Gasteiger partial charge in [-0.3, -0.25) is 4.79 Å². The highest BCUT2D eigenvalue weighted by Crippen LogP contribution is 2.27. The van der Waals surface area contributed by atoms with E-state index in [4.69, 9.17) is 0 Å². The van der Waals surface area contributed by atoms with Crippen LogP contribution < -0.4 is 5.32 Å². The zero-order chi connectivity index (χ0) is 20.6. The van der Waals surface area contributed by atoms with E-state index in [9.17, 15) is 13.2 Å². The number of aromatic nitrogens is 3. The highest BCUT2D eigenvalue weighted by atomic mass is 32.2. The van der Waals surface area contributed by atoms with E-state index < -0.39 is 15.9 Å². The van der Waals surface area contributed by atoms with Gasteiger partial charge in [-0.1, -0.05) is 6.07 Å². The van der Waals surface area contributed by atoms with Gasteiger partial charge in [0.2, 0.25) is 5.91 Å². The summed E-state index contributed by atoms with van der Waals surface area (Å²) in [4.78, 5) is 17.2. The fraction of sp³-hybridized carbons (Fsp3) is 0.421. The summed E-state index contributed by atoms with van der Waals surface area (Å²) in [7, 11) is -3.54. The molecule has 0 aromatic carbocycles. The molecule has 1 aliphatic rings. The molecule has 4 rings (SSSR count). The van der Waals surface area contributed by atoms with Crippen molar-refractivity contribution in [3.8, 4) is 0 Å². The number of carbonyl (C=O) groups is 1. The third-order valence-corrected chi connectivity index (χ3v) is 8.27. The van der Waals surface area contributed by atoms with E-state index in [1.807, 2.05) is 24.6 Å². The summed E-state index contributed by atoms with van der Waals surface area (Å²) < 4.78 is 29.1. The van der Waals surface area contributed by atoms with Gasteiger partial charge >= 0.3 is 0 Å². The summed E-state index contributed by atoms with van der Waals surface area (Å²) in [6, 6.07) is 5.35. The second-order valence-corrected chi connectivity index (χ2v) is 10.6. The van der Waals surface area contributed by atoms with Gasteiger partial charge in [-0.05, 0) is 44.2 Å². The molecule has 4 heterocycles. The topological polar surface area (TPSA) is 97.2 Å². The van der Waals surface area contributed by atoms with Gasteiger partial charge in [0.1, 0.15) is 4.21 Å². The fourth-order valence-electron chi connectivity index (χ4n) is 3.54. The Morgan fingerprint density at radius 2 is 2.17 bits per heavy atom. The summed E-state index contributed by atoms with van der Waals surface area (Å²) >= 11 is 1.19. The third-order valence-electron chi connectivity index (χ3n) is 5.03. The monoisotopic (exact) mass is 433 g/mol. The van der Waals surface area contributed by atoms with Gasteiger partial charge in [-0.2, -0.15) is 9.40 Å². The summed E-state index contributed by atoms with van der Waals surface area (Å²) in [6.07, 6.45) is 4.65. The highest BCUT2D eigenvalue weighted by molar-refractivity contribution is 7.91. The first-order valence-corrected chi connectivity index (χ1v) is 11.9.